The van der Waals surface area contributed by atoms with Crippen LogP contribution in [0.25, 0.3) is 0 Å². The van der Waals surface area contributed by atoms with Gasteiger partial charge in [-0.2, -0.15) is 16.8 Å². The van der Waals surface area contributed by atoms with Crippen LogP contribution in [0.3, 0.4) is 0 Å². The van der Waals surface area contributed by atoms with E-state index >= 15 is 0 Å². The smallest absolute Gasteiger partial charge is 0.264 e. The molecule has 0 fully saturated rings. The Morgan fingerprint density at radius 2 is 0.667 bits per heavy atom. The van der Waals surface area contributed by atoms with Crippen LogP contribution < -0.4 is 0 Å². The Balaban J connectivity index is -0.000000112. The second kappa shape index (κ2) is 7.15. The van der Waals surface area contributed by atoms with E-state index in [4.69, 9.17) is 35.0 Å². The fourth-order valence-corrected chi connectivity index (χ4v) is 0. The van der Waals surface area contributed by atoms with Crippen molar-refractivity contribution in [2.45, 2.75) is 0 Å². The van der Waals surface area contributed by atoms with Gasteiger partial charge in [-0.25, -0.2) is 0 Å². The molecule has 0 atom stereocenters. The van der Waals surface area contributed by atoms with Crippen LogP contribution in [0.15, 0.2) is 13.2 Å². The van der Waals surface area contributed by atoms with Gasteiger partial charge in [0.2, 0.25) is 0 Å². The molecule has 12 heavy (non-hydrogen) atoms. The molecule has 0 aromatic carbocycles. The Hall–Kier alpha value is -0.520. The van der Waals surface area contributed by atoms with Crippen LogP contribution in [0.2, 0.25) is 0 Å². The first-order valence-electron chi connectivity index (χ1n) is 1.90. The molecule has 10 heteroatoms. The quantitative estimate of drug-likeness (QED) is 0.317. The molecule has 0 aliphatic rings. The molecule has 0 unspecified atom stereocenters. The maximum Gasteiger partial charge on any atom is 0.394 e. The molecule has 4 N–H and O–H groups in total. The highest BCUT2D eigenvalue weighted by Crippen LogP contribution is 1.59. The SMILES string of the molecule is C=C.O=S(=O)(O)O.O=S(=O)(O)O. The average molecular weight is 224 g/mol. The second-order valence-corrected chi connectivity index (χ2v) is 2.69. The molecule has 0 spiro atoms. The summed E-state index contributed by atoms with van der Waals surface area (Å²) in [6.45, 7) is 6.00. The van der Waals surface area contributed by atoms with E-state index in [0.29, 0.717) is 0 Å². The Labute approximate surface area is 69.7 Å². The normalized spacial score (nSPS) is 10.0. The van der Waals surface area contributed by atoms with Gasteiger partial charge in [0.1, 0.15) is 0 Å². The Morgan fingerprint density at radius 1 is 0.667 bits per heavy atom. The third kappa shape index (κ3) is 2520. The highest BCUT2D eigenvalue weighted by molar-refractivity contribution is 7.80. The van der Waals surface area contributed by atoms with E-state index in [-0.39, 0.29) is 0 Å². The summed E-state index contributed by atoms with van der Waals surface area (Å²) in [4.78, 5) is 0. The summed E-state index contributed by atoms with van der Waals surface area (Å²) < 4.78 is 63.2. The summed E-state index contributed by atoms with van der Waals surface area (Å²) >= 11 is 0. The first-order chi connectivity index (χ1) is 5.00. The minimum absolute atomic E-state index is 3.00. The third-order valence-corrected chi connectivity index (χ3v) is 0. The van der Waals surface area contributed by atoms with Gasteiger partial charge in [0.25, 0.3) is 0 Å². The van der Waals surface area contributed by atoms with E-state index in [1.807, 2.05) is 0 Å². The minimum atomic E-state index is -4.67. The van der Waals surface area contributed by atoms with Gasteiger partial charge >= 0.3 is 20.8 Å². The van der Waals surface area contributed by atoms with E-state index in [0.717, 1.165) is 0 Å². The zero-order chi connectivity index (χ0) is 11.0. The van der Waals surface area contributed by atoms with Crippen molar-refractivity contribution in [2.75, 3.05) is 0 Å². The first kappa shape index (κ1) is 17.5. The van der Waals surface area contributed by atoms with Crippen LogP contribution in [0, 0.1) is 0 Å². The number of rotatable bonds is 0. The van der Waals surface area contributed by atoms with Gasteiger partial charge < -0.3 is 0 Å². The van der Waals surface area contributed by atoms with Crippen LogP contribution in [-0.4, -0.2) is 35.0 Å². The topological polar surface area (TPSA) is 149 Å². The molecule has 0 aliphatic carbocycles. The Kier molecular flexibility index (Phi) is 10.4. The summed E-state index contributed by atoms with van der Waals surface area (Å²) in [7, 11) is -9.33. The first-order valence-corrected chi connectivity index (χ1v) is 4.69. The summed E-state index contributed by atoms with van der Waals surface area (Å²) in [6.07, 6.45) is 0. The fourth-order valence-electron chi connectivity index (χ4n) is 0. The molecule has 0 aromatic rings. The van der Waals surface area contributed by atoms with Gasteiger partial charge in [-0.05, 0) is 0 Å². The molecule has 0 aromatic heterocycles. The van der Waals surface area contributed by atoms with E-state index in [9.17, 15) is 0 Å². The van der Waals surface area contributed by atoms with Crippen molar-refractivity contribution in [1.29, 1.82) is 0 Å². The Morgan fingerprint density at radius 3 is 0.667 bits per heavy atom. The summed E-state index contributed by atoms with van der Waals surface area (Å²) in [5.74, 6) is 0. The highest BCUT2D eigenvalue weighted by atomic mass is 32.3. The zero-order valence-corrected chi connectivity index (χ0v) is 7.29. The van der Waals surface area contributed by atoms with Gasteiger partial charge in [0.05, 0.1) is 0 Å². The molecule has 0 bridgehead atoms. The molecule has 0 saturated carbocycles. The van der Waals surface area contributed by atoms with Crippen molar-refractivity contribution >= 4 is 20.8 Å². The molecule has 0 heterocycles. The lowest BCUT2D eigenvalue weighted by Gasteiger charge is -1.68. The Bertz CT molecular complexity index is 224. The molecule has 0 amide bonds. The molecular weight excluding hydrogens is 216 g/mol. The van der Waals surface area contributed by atoms with E-state index in [1.54, 1.807) is 0 Å². The van der Waals surface area contributed by atoms with Crippen molar-refractivity contribution in [3.63, 3.8) is 0 Å². The van der Waals surface area contributed by atoms with Crippen molar-refractivity contribution in [3.05, 3.63) is 13.2 Å². The van der Waals surface area contributed by atoms with Crippen LogP contribution >= 0.6 is 0 Å². The number of hydrogen-bond acceptors (Lipinski definition) is 4. The monoisotopic (exact) mass is 224 g/mol. The van der Waals surface area contributed by atoms with Crippen LogP contribution in [0.1, 0.15) is 0 Å². The van der Waals surface area contributed by atoms with Crippen molar-refractivity contribution in [1.82, 2.24) is 0 Å². The van der Waals surface area contributed by atoms with E-state index < -0.39 is 20.8 Å². The lowest BCUT2D eigenvalue weighted by Crippen LogP contribution is -1.89. The maximum absolute atomic E-state index is 8.74. The van der Waals surface area contributed by atoms with E-state index in [1.165, 1.54) is 0 Å². The van der Waals surface area contributed by atoms with Crippen LogP contribution in [0.4, 0.5) is 0 Å². The average Bonchev–Trinajstić information content (AvgIpc) is 1.59. The largest absolute Gasteiger partial charge is 0.394 e. The van der Waals surface area contributed by atoms with Gasteiger partial charge in [0, 0.05) is 0 Å². The maximum atomic E-state index is 8.74. The standard InChI is InChI=1S/C2H4.2H2O4S/c1-2;2*1-5(2,3)4/h1-2H2;2*(H2,1,2,3,4). The highest BCUT2D eigenvalue weighted by Gasteiger charge is 1.85. The van der Waals surface area contributed by atoms with Gasteiger partial charge in [-0.3, -0.25) is 18.2 Å². The number of hydrogen-bond donors (Lipinski definition) is 4. The molecule has 0 saturated heterocycles. The second-order valence-electron chi connectivity index (χ2n) is 0.896. The van der Waals surface area contributed by atoms with Crippen molar-refractivity contribution < 1.29 is 35.0 Å². The molecule has 76 valence electrons. The fraction of sp³-hybridized carbons (Fsp3) is 0. The van der Waals surface area contributed by atoms with Gasteiger partial charge in [-0.1, -0.05) is 0 Å². The van der Waals surface area contributed by atoms with Crippen molar-refractivity contribution in [3.8, 4) is 0 Å². The minimum Gasteiger partial charge on any atom is -0.264 e. The zero-order valence-electron chi connectivity index (χ0n) is 5.65. The molecule has 0 aliphatic heterocycles. The van der Waals surface area contributed by atoms with Gasteiger partial charge in [-0.15, -0.1) is 13.2 Å². The third-order valence-electron chi connectivity index (χ3n) is 0. The summed E-state index contributed by atoms with van der Waals surface area (Å²) in [6, 6.07) is 0. The molecule has 8 nitrogen and oxygen atoms in total. The van der Waals surface area contributed by atoms with Crippen LogP contribution in [0.5, 0.6) is 0 Å². The van der Waals surface area contributed by atoms with Gasteiger partial charge in [0.15, 0.2) is 0 Å². The lowest BCUT2D eigenvalue weighted by atomic mass is 11.3. The summed E-state index contributed by atoms with van der Waals surface area (Å²) in [5.41, 5.74) is 0. The molecule has 0 rings (SSSR count). The molecular formula is C2H8O8S2. The summed E-state index contributed by atoms with van der Waals surface area (Å²) in [5, 5.41) is 0. The predicted molar refractivity (Wildman–Crippen MR) is 39.6 cm³/mol. The van der Waals surface area contributed by atoms with Crippen LogP contribution in [-0.2, 0) is 20.8 Å². The van der Waals surface area contributed by atoms with Crippen molar-refractivity contribution in [2.24, 2.45) is 0 Å². The predicted octanol–water partition coefficient (Wildman–Crippen LogP) is -0.503. The lowest BCUT2D eigenvalue weighted by molar-refractivity contribution is 0.378. The molecule has 0 radical (unpaired) electrons. The van der Waals surface area contributed by atoms with E-state index in [2.05, 4.69) is 13.2 Å².